The van der Waals surface area contributed by atoms with E-state index < -0.39 is 0 Å². The highest BCUT2D eigenvalue weighted by atomic mass is 16.5. The van der Waals surface area contributed by atoms with E-state index in [-0.39, 0.29) is 30.4 Å². The zero-order valence-electron chi connectivity index (χ0n) is 11.9. The van der Waals surface area contributed by atoms with Crippen molar-refractivity contribution in [3.8, 4) is 0 Å². The largest absolute Gasteiger partial charge is 0.469 e. The monoisotopic (exact) mass is 294 g/mol. The van der Waals surface area contributed by atoms with Crippen LogP contribution in [0.1, 0.15) is 31.1 Å². The summed E-state index contributed by atoms with van der Waals surface area (Å²) in [6, 6.07) is 0.144. The number of rotatable bonds is 5. The third-order valence-electron chi connectivity index (χ3n) is 3.79. The first-order valence-corrected chi connectivity index (χ1v) is 7.09. The maximum atomic E-state index is 11.9. The first-order valence-electron chi connectivity index (χ1n) is 7.09. The zero-order chi connectivity index (χ0) is 14.8. The lowest BCUT2D eigenvalue weighted by Crippen LogP contribution is -2.32. The number of hydrogen-bond donors (Lipinski definition) is 1. The van der Waals surface area contributed by atoms with Crippen LogP contribution >= 0.6 is 0 Å². The van der Waals surface area contributed by atoms with Gasteiger partial charge in [0, 0.05) is 12.5 Å². The molecule has 1 saturated carbocycles. The number of aromatic nitrogens is 2. The highest BCUT2D eigenvalue weighted by Crippen LogP contribution is 2.39. The summed E-state index contributed by atoms with van der Waals surface area (Å²) in [7, 11) is 1.38. The third kappa shape index (κ3) is 3.38. The minimum atomic E-state index is -0.219. The molecule has 21 heavy (non-hydrogen) atoms. The van der Waals surface area contributed by atoms with E-state index in [0.717, 1.165) is 12.8 Å². The molecular weight excluding hydrogens is 276 g/mol. The van der Waals surface area contributed by atoms with Crippen LogP contribution < -0.4 is 5.32 Å². The summed E-state index contributed by atoms with van der Waals surface area (Å²) in [6.07, 6.45) is 2.85. The molecule has 3 rings (SSSR count). The summed E-state index contributed by atoms with van der Waals surface area (Å²) in [5.74, 6) is 0.378. The fourth-order valence-electron chi connectivity index (χ4n) is 2.48. The zero-order valence-corrected chi connectivity index (χ0v) is 11.9. The number of likely N-dealkylation sites (tertiary alicyclic amines) is 1. The fourth-order valence-corrected chi connectivity index (χ4v) is 2.48. The summed E-state index contributed by atoms with van der Waals surface area (Å²) < 4.78 is 10.1. The van der Waals surface area contributed by atoms with Gasteiger partial charge in [0.1, 0.15) is 0 Å². The van der Waals surface area contributed by atoms with Crippen LogP contribution in [-0.2, 0) is 14.3 Å². The molecule has 1 aliphatic carbocycles. The SMILES string of the molecule is COC(=O)C1CCN(CC(=O)Nc2nnc(C3CC3)o2)C1. The first-order chi connectivity index (χ1) is 10.2. The van der Waals surface area contributed by atoms with E-state index >= 15 is 0 Å². The van der Waals surface area contributed by atoms with Gasteiger partial charge in [0.05, 0.1) is 19.6 Å². The molecule has 1 atom stereocenters. The van der Waals surface area contributed by atoms with E-state index in [4.69, 9.17) is 9.15 Å². The molecule has 8 nitrogen and oxygen atoms in total. The number of nitrogens with one attached hydrogen (secondary N) is 1. The molecule has 114 valence electrons. The minimum absolute atomic E-state index is 0.144. The van der Waals surface area contributed by atoms with Gasteiger partial charge in [0.25, 0.3) is 0 Å². The van der Waals surface area contributed by atoms with Crippen molar-refractivity contribution in [2.24, 2.45) is 5.92 Å². The van der Waals surface area contributed by atoms with E-state index in [1.807, 2.05) is 4.90 Å². The number of hydrogen-bond acceptors (Lipinski definition) is 7. The van der Waals surface area contributed by atoms with Gasteiger partial charge in [-0.25, -0.2) is 0 Å². The average Bonchev–Trinajstić information content (AvgIpc) is 3.05. The van der Waals surface area contributed by atoms with Crippen molar-refractivity contribution in [1.82, 2.24) is 15.1 Å². The van der Waals surface area contributed by atoms with Crippen LogP contribution in [0.25, 0.3) is 0 Å². The first kappa shape index (κ1) is 14.0. The molecule has 2 heterocycles. The van der Waals surface area contributed by atoms with Crippen LogP contribution in [-0.4, -0.2) is 53.7 Å². The molecule has 2 fully saturated rings. The Bertz CT molecular complexity index is 540. The van der Waals surface area contributed by atoms with E-state index in [1.54, 1.807) is 0 Å². The van der Waals surface area contributed by atoms with Crippen molar-refractivity contribution < 1.29 is 18.7 Å². The van der Waals surface area contributed by atoms with Crippen molar-refractivity contribution >= 4 is 17.9 Å². The van der Waals surface area contributed by atoms with E-state index in [9.17, 15) is 9.59 Å². The Morgan fingerprint density at radius 3 is 2.90 bits per heavy atom. The van der Waals surface area contributed by atoms with E-state index in [2.05, 4.69) is 15.5 Å². The number of nitrogens with zero attached hydrogens (tertiary/aromatic N) is 3. The van der Waals surface area contributed by atoms with Gasteiger partial charge in [-0.05, 0) is 25.8 Å². The summed E-state index contributed by atoms with van der Waals surface area (Å²) in [5.41, 5.74) is 0. The second-order valence-electron chi connectivity index (χ2n) is 5.51. The number of carbonyl (C=O) groups excluding carboxylic acids is 2. The molecule has 1 amide bonds. The lowest BCUT2D eigenvalue weighted by molar-refractivity contribution is -0.145. The van der Waals surface area contributed by atoms with Crippen LogP contribution in [0.2, 0.25) is 0 Å². The Morgan fingerprint density at radius 1 is 1.38 bits per heavy atom. The summed E-state index contributed by atoms with van der Waals surface area (Å²) in [5, 5.41) is 10.3. The van der Waals surface area contributed by atoms with Crippen LogP contribution in [0.5, 0.6) is 0 Å². The van der Waals surface area contributed by atoms with E-state index in [0.29, 0.717) is 31.3 Å². The molecule has 1 unspecified atom stereocenters. The summed E-state index contributed by atoms with van der Waals surface area (Å²) >= 11 is 0. The van der Waals surface area contributed by atoms with Crippen molar-refractivity contribution in [3.05, 3.63) is 5.89 Å². The second kappa shape index (κ2) is 5.80. The quantitative estimate of drug-likeness (QED) is 0.784. The number of amides is 1. The standard InChI is InChI=1S/C13H18N4O4/c1-20-12(19)9-4-5-17(6-9)7-10(18)14-13-16-15-11(21-13)8-2-3-8/h8-9H,2-7H2,1H3,(H,14,16,18). The lowest BCUT2D eigenvalue weighted by Gasteiger charge is -2.13. The number of carbonyl (C=O) groups is 2. The molecule has 1 N–H and O–H groups in total. The van der Waals surface area contributed by atoms with Gasteiger partial charge in [0.15, 0.2) is 0 Å². The predicted molar refractivity (Wildman–Crippen MR) is 71.5 cm³/mol. The maximum Gasteiger partial charge on any atom is 0.322 e. The van der Waals surface area contributed by atoms with Crippen LogP contribution in [0.4, 0.5) is 6.01 Å². The minimum Gasteiger partial charge on any atom is -0.469 e. The molecule has 1 aromatic rings. The van der Waals surface area contributed by atoms with Crippen molar-refractivity contribution in [1.29, 1.82) is 0 Å². The normalized spacial score (nSPS) is 22.2. The Labute approximate surface area is 121 Å². The summed E-state index contributed by atoms with van der Waals surface area (Å²) in [4.78, 5) is 25.3. The average molecular weight is 294 g/mol. The van der Waals surface area contributed by atoms with Crippen molar-refractivity contribution in [2.45, 2.75) is 25.2 Å². The molecule has 0 aromatic carbocycles. The van der Waals surface area contributed by atoms with Gasteiger partial charge in [-0.15, -0.1) is 5.10 Å². The van der Waals surface area contributed by atoms with E-state index in [1.165, 1.54) is 7.11 Å². The smallest absolute Gasteiger partial charge is 0.322 e. The molecule has 0 spiro atoms. The lowest BCUT2D eigenvalue weighted by atomic mass is 10.1. The van der Waals surface area contributed by atoms with Crippen molar-refractivity contribution in [3.63, 3.8) is 0 Å². The molecule has 0 radical (unpaired) electrons. The van der Waals surface area contributed by atoms with Gasteiger partial charge >= 0.3 is 12.0 Å². The molecule has 2 aliphatic rings. The van der Waals surface area contributed by atoms with Gasteiger partial charge in [-0.3, -0.25) is 19.8 Å². The number of esters is 1. The highest BCUT2D eigenvalue weighted by Gasteiger charge is 2.31. The third-order valence-corrected chi connectivity index (χ3v) is 3.79. The molecule has 8 heteroatoms. The van der Waals surface area contributed by atoms with Crippen LogP contribution in [0, 0.1) is 5.92 Å². The number of ether oxygens (including phenoxy) is 1. The molecule has 0 bridgehead atoms. The Kier molecular flexibility index (Phi) is 3.87. The molecule has 1 saturated heterocycles. The Hall–Kier alpha value is -1.96. The predicted octanol–water partition coefficient (Wildman–Crippen LogP) is 0.380. The fraction of sp³-hybridized carbons (Fsp3) is 0.692. The Balaban J connectivity index is 1.46. The molecule has 1 aromatic heterocycles. The van der Waals surface area contributed by atoms with Gasteiger partial charge < -0.3 is 9.15 Å². The van der Waals surface area contributed by atoms with Crippen LogP contribution in [0.3, 0.4) is 0 Å². The number of anilines is 1. The van der Waals surface area contributed by atoms with Crippen molar-refractivity contribution in [2.75, 3.05) is 32.1 Å². The number of methoxy groups -OCH3 is 1. The van der Waals surface area contributed by atoms with Gasteiger partial charge in [0.2, 0.25) is 11.8 Å². The topological polar surface area (TPSA) is 97.6 Å². The summed E-state index contributed by atoms with van der Waals surface area (Å²) in [6.45, 7) is 1.44. The van der Waals surface area contributed by atoms with Gasteiger partial charge in [-0.1, -0.05) is 5.10 Å². The Morgan fingerprint density at radius 2 is 2.19 bits per heavy atom. The maximum absolute atomic E-state index is 11.9. The second-order valence-corrected chi connectivity index (χ2v) is 5.51. The van der Waals surface area contributed by atoms with Gasteiger partial charge in [-0.2, -0.15) is 0 Å². The molecular formula is C13H18N4O4. The molecule has 1 aliphatic heterocycles. The van der Waals surface area contributed by atoms with Crippen LogP contribution in [0.15, 0.2) is 4.42 Å². The highest BCUT2D eigenvalue weighted by molar-refractivity contribution is 5.90.